The predicted octanol–water partition coefficient (Wildman–Crippen LogP) is 3.35. The quantitative estimate of drug-likeness (QED) is 0.741. The van der Waals surface area contributed by atoms with Gasteiger partial charge in [-0.25, -0.2) is 0 Å². The van der Waals surface area contributed by atoms with E-state index in [1.54, 1.807) is 0 Å². The molecule has 2 fully saturated rings. The minimum absolute atomic E-state index is 0.292. The summed E-state index contributed by atoms with van der Waals surface area (Å²) >= 11 is 0. The molecule has 0 aromatic rings. The minimum atomic E-state index is 0.292. The lowest BCUT2D eigenvalue weighted by atomic mass is 9.94. The number of rotatable bonds is 2. The van der Waals surface area contributed by atoms with Gasteiger partial charge < -0.3 is 4.90 Å². The zero-order valence-corrected chi connectivity index (χ0v) is 12.9. The number of hydrogen-bond acceptors (Lipinski definition) is 2. The lowest BCUT2D eigenvalue weighted by Crippen LogP contribution is -2.40. The van der Waals surface area contributed by atoms with Crippen molar-refractivity contribution in [1.82, 2.24) is 9.80 Å². The first-order valence-corrected chi connectivity index (χ1v) is 7.51. The molecule has 0 radical (unpaired) electrons. The predicted molar refractivity (Wildman–Crippen MR) is 78.5 cm³/mol. The highest BCUT2D eigenvalue weighted by atomic mass is 15.2. The number of hydrogen-bond donors (Lipinski definition) is 0. The molecule has 3 unspecified atom stereocenters. The molecule has 104 valence electrons. The highest BCUT2D eigenvalue weighted by molar-refractivity contribution is 5.09. The van der Waals surface area contributed by atoms with Gasteiger partial charge in [-0.2, -0.15) is 0 Å². The summed E-state index contributed by atoms with van der Waals surface area (Å²) in [5, 5.41) is 0. The van der Waals surface area contributed by atoms with Crippen LogP contribution in [0.5, 0.6) is 0 Å². The van der Waals surface area contributed by atoms with Crippen LogP contribution in [0.1, 0.15) is 47.5 Å². The summed E-state index contributed by atoms with van der Waals surface area (Å²) < 4.78 is 0. The molecule has 0 aromatic carbocycles. The van der Waals surface area contributed by atoms with E-state index < -0.39 is 0 Å². The Morgan fingerprint density at radius 3 is 2.28 bits per heavy atom. The third-order valence-corrected chi connectivity index (χ3v) is 4.91. The Hall–Kier alpha value is -0.500. The van der Waals surface area contributed by atoms with Crippen LogP contribution in [0.4, 0.5) is 0 Å². The molecular weight excluding hydrogens is 220 g/mol. The summed E-state index contributed by atoms with van der Waals surface area (Å²) in [7, 11) is 0. The Kier molecular flexibility index (Phi) is 3.77. The van der Waals surface area contributed by atoms with E-state index >= 15 is 0 Å². The van der Waals surface area contributed by atoms with Gasteiger partial charge in [0.2, 0.25) is 0 Å². The SMILES string of the molecule is C=C(C1CN(C(C)(C)C)CC1C)N1CCCC1C. The Labute approximate surface area is 113 Å². The van der Waals surface area contributed by atoms with Crippen LogP contribution >= 0.6 is 0 Å². The lowest BCUT2D eigenvalue weighted by molar-refractivity contribution is 0.165. The van der Waals surface area contributed by atoms with Crippen LogP contribution in [0.25, 0.3) is 0 Å². The summed E-state index contributed by atoms with van der Waals surface area (Å²) in [5.74, 6) is 1.40. The average molecular weight is 250 g/mol. The maximum Gasteiger partial charge on any atom is 0.0259 e. The molecule has 3 atom stereocenters. The van der Waals surface area contributed by atoms with Gasteiger partial charge in [0.15, 0.2) is 0 Å². The molecule has 2 heterocycles. The number of likely N-dealkylation sites (tertiary alicyclic amines) is 2. The van der Waals surface area contributed by atoms with E-state index in [-0.39, 0.29) is 0 Å². The Morgan fingerprint density at radius 1 is 1.17 bits per heavy atom. The highest BCUT2D eigenvalue weighted by Gasteiger charge is 2.38. The van der Waals surface area contributed by atoms with Crippen molar-refractivity contribution in [2.24, 2.45) is 11.8 Å². The maximum absolute atomic E-state index is 4.44. The Bertz CT molecular complexity index is 316. The summed E-state index contributed by atoms with van der Waals surface area (Å²) in [4.78, 5) is 5.18. The van der Waals surface area contributed by atoms with E-state index in [1.165, 1.54) is 38.2 Å². The van der Waals surface area contributed by atoms with Crippen molar-refractivity contribution in [2.45, 2.75) is 59.0 Å². The second kappa shape index (κ2) is 4.88. The van der Waals surface area contributed by atoms with Crippen LogP contribution in [0.2, 0.25) is 0 Å². The first-order valence-electron chi connectivity index (χ1n) is 7.51. The van der Waals surface area contributed by atoms with Crippen molar-refractivity contribution >= 4 is 0 Å². The summed E-state index contributed by atoms with van der Waals surface area (Å²) in [5.41, 5.74) is 1.69. The van der Waals surface area contributed by atoms with Crippen LogP contribution < -0.4 is 0 Å². The Balaban J connectivity index is 2.03. The van der Waals surface area contributed by atoms with Gasteiger partial charge in [-0.15, -0.1) is 0 Å². The molecule has 2 aliphatic rings. The summed E-state index contributed by atoms with van der Waals surface area (Å²) in [6.45, 7) is 19.8. The third kappa shape index (κ3) is 2.59. The van der Waals surface area contributed by atoms with Crippen LogP contribution in [-0.4, -0.2) is 41.0 Å². The molecule has 0 bridgehead atoms. The molecule has 0 amide bonds. The van der Waals surface area contributed by atoms with Gasteiger partial charge in [0.25, 0.3) is 0 Å². The minimum Gasteiger partial charge on any atom is -0.372 e. The molecule has 2 saturated heterocycles. The van der Waals surface area contributed by atoms with Crippen molar-refractivity contribution in [3.63, 3.8) is 0 Å². The molecule has 2 aliphatic heterocycles. The average Bonchev–Trinajstić information content (AvgIpc) is 2.82. The molecule has 2 heteroatoms. The largest absolute Gasteiger partial charge is 0.372 e. The fourth-order valence-electron chi connectivity index (χ4n) is 3.52. The van der Waals surface area contributed by atoms with Crippen LogP contribution in [0, 0.1) is 11.8 Å². The second-order valence-electron chi connectivity index (χ2n) is 7.34. The van der Waals surface area contributed by atoms with E-state index in [4.69, 9.17) is 0 Å². The highest BCUT2D eigenvalue weighted by Crippen LogP contribution is 2.36. The van der Waals surface area contributed by atoms with Crippen molar-refractivity contribution in [2.75, 3.05) is 19.6 Å². The zero-order chi connectivity index (χ0) is 13.5. The van der Waals surface area contributed by atoms with E-state index in [0.717, 1.165) is 5.92 Å². The topological polar surface area (TPSA) is 6.48 Å². The van der Waals surface area contributed by atoms with Gasteiger partial charge in [0.1, 0.15) is 0 Å². The smallest absolute Gasteiger partial charge is 0.0259 e. The third-order valence-electron chi connectivity index (χ3n) is 4.91. The van der Waals surface area contributed by atoms with Crippen molar-refractivity contribution in [3.8, 4) is 0 Å². The second-order valence-corrected chi connectivity index (χ2v) is 7.34. The Morgan fingerprint density at radius 2 is 1.83 bits per heavy atom. The lowest BCUT2D eigenvalue weighted by Gasteiger charge is -2.33. The van der Waals surface area contributed by atoms with Crippen LogP contribution in [-0.2, 0) is 0 Å². The van der Waals surface area contributed by atoms with Gasteiger partial charge in [-0.3, -0.25) is 4.90 Å². The fraction of sp³-hybridized carbons (Fsp3) is 0.875. The number of nitrogens with zero attached hydrogens (tertiary/aromatic N) is 2. The van der Waals surface area contributed by atoms with Gasteiger partial charge in [-0.1, -0.05) is 13.5 Å². The van der Waals surface area contributed by atoms with Gasteiger partial charge in [-0.05, 0) is 46.5 Å². The van der Waals surface area contributed by atoms with Gasteiger partial charge in [0, 0.05) is 42.8 Å². The van der Waals surface area contributed by atoms with E-state index in [1.807, 2.05) is 0 Å². The molecule has 18 heavy (non-hydrogen) atoms. The first kappa shape index (κ1) is 13.9. The molecule has 0 spiro atoms. The van der Waals surface area contributed by atoms with Crippen molar-refractivity contribution < 1.29 is 0 Å². The fourth-order valence-corrected chi connectivity index (χ4v) is 3.52. The monoisotopic (exact) mass is 250 g/mol. The summed E-state index contributed by atoms with van der Waals surface area (Å²) in [6.07, 6.45) is 2.67. The van der Waals surface area contributed by atoms with Gasteiger partial charge >= 0.3 is 0 Å². The standard InChI is InChI=1S/C16H30N2/c1-12-10-17(16(4,5)6)11-15(12)14(3)18-9-7-8-13(18)2/h12-13,15H,3,7-11H2,1-2,4-6H3. The molecule has 0 aliphatic carbocycles. The first-order chi connectivity index (χ1) is 8.30. The molecule has 2 nitrogen and oxygen atoms in total. The van der Waals surface area contributed by atoms with E-state index in [9.17, 15) is 0 Å². The van der Waals surface area contributed by atoms with E-state index in [2.05, 4.69) is 51.0 Å². The molecule has 2 rings (SSSR count). The zero-order valence-electron chi connectivity index (χ0n) is 12.9. The van der Waals surface area contributed by atoms with Crippen molar-refractivity contribution in [3.05, 3.63) is 12.3 Å². The molecule has 0 N–H and O–H groups in total. The van der Waals surface area contributed by atoms with Crippen molar-refractivity contribution in [1.29, 1.82) is 0 Å². The van der Waals surface area contributed by atoms with Crippen LogP contribution in [0.3, 0.4) is 0 Å². The molecule has 0 saturated carbocycles. The normalized spacial score (nSPS) is 34.3. The molecular formula is C16H30N2. The molecule has 0 aromatic heterocycles. The summed E-state index contributed by atoms with van der Waals surface area (Å²) in [6, 6.07) is 0.702. The van der Waals surface area contributed by atoms with Gasteiger partial charge in [0.05, 0.1) is 0 Å². The van der Waals surface area contributed by atoms with Crippen LogP contribution in [0.15, 0.2) is 12.3 Å². The maximum atomic E-state index is 4.44. The van der Waals surface area contributed by atoms with E-state index in [0.29, 0.717) is 17.5 Å².